The molecule has 21 heavy (non-hydrogen) atoms. The average molecular weight is 305 g/mol. The first-order valence-corrected chi connectivity index (χ1v) is 7.48. The Morgan fingerprint density at radius 2 is 2.24 bits per heavy atom. The van der Waals surface area contributed by atoms with Crippen molar-refractivity contribution in [2.24, 2.45) is 11.7 Å². The SMILES string of the molecule is NC(=O)C1CCCN(C(=O)c2sc3nnccc3c2N)C1. The smallest absolute Gasteiger partial charge is 0.266 e. The van der Waals surface area contributed by atoms with Crippen LogP contribution in [0.25, 0.3) is 10.2 Å². The summed E-state index contributed by atoms with van der Waals surface area (Å²) in [6, 6.07) is 1.74. The van der Waals surface area contributed by atoms with Crippen LogP contribution in [-0.2, 0) is 4.79 Å². The van der Waals surface area contributed by atoms with Crippen molar-refractivity contribution >= 4 is 39.1 Å². The van der Waals surface area contributed by atoms with Crippen molar-refractivity contribution in [2.45, 2.75) is 12.8 Å². The van der Waals surface area contributed by atoms with Crippen molar-refractivity contribution in [3.63, 3.8) is 0 Å². The molecular weight excluding hydrogens is 290 g/mol. The minimum Gasteiger partial charge on any atom is -0.397 e. The number of primary amides is 1. The quantitative estimate of drug-likeness (QED) is 0.843. The van der Waals surface area contributed by atoms with Gasteiger partial charge in [-0.05, 0) is 18.9 Å². The Bertz CT molecular complexity index is 714. The van der Waals surface area contributed by atoms with E-state index in [2.05, 4.69) is 10.2 Å². The van der Waals surface area contributed by atoms with Gasteiger partial charge in [0.05, 0.1) is 17.8 Å². The molecule has 0 aliphatic carbocycles. The van der Waals surface area contributed by atoms with E-state index in [0.29, 0.717) is 28.5 Å². The molecule has 0 aromatic carbocycles. The van der Waals surface area contributed by atoms with Crippen molar-refractivity contribution in [1.82, 2.24) is 15.1 Å². The molecule has 1 saturated heterocycles. The second-order valence-corrected chi connectivity index (χ2v) is 6.09. The van der Waals surface area contributed by atoms with Gasteiger partial charge in [-0.3, -0.25) is 9.59 Å². The molecule has 2 amide bonds. The highest BCUT2D eigenvalue weighted by atomic mass is 32.1. The molecule has 1 aliphatic rings. The summed E-state index contributed by atoms with van der Waals surface area (Å²) in [5, 5.41) is 8.51. The third kappa shape index (κ3) is 2.42. The molecule has 0 bridgehead atoms. The highest BCUT2D eigenvalue weighted by Gasteiger charge is 2.29. The summed E-state index contributed by atoms with van der Waals surface area (Å²) in [5.41, 5.74) is 11.8. The van der Waals surface area contributed by atoms with Gasteiger partial charge >= 0.3 is 0 Å². The maximum atomic E-state index is 12.6. The molecule has 4 N–H and O–H groups in total. The van der Waals surface area contributed by atoms with Crippen LogP contribution in [-0.4, -0.2) is 40.0 Å². The Morgan fingerprint density at radius 3 is 2.95 bits per heavy atom. The first-order valence-electron chi connectivity index (χ1n) is 6.66. The Balaban J connectivity index is 1.90. The number of rotatable bonds is 2. The molecule has 1 aliphatic heterocycles. The molecule has 110 valence electrons. The normalized spacial score (nSPS) is 18.9. The number of thiophene rings is 1. The molecule has 1 atom stereocenters. The van der Waals surface area contributed by atoms with Gasteiger partial charge in [0.2, 0.25) is 5.91 Å². The molecular formula is C13H15N5O2S. The summed E-state index contributed by atoms with van der Waals surface area (Å²) in [5.74, 6) is -0.803. The predicted octanol–water partition coefficient (Wildman–Crippen LogP) is 0.611. The van der Waals surface area contributed by atoms with Gasteiger partial charge in [-0.2, -0.15) is 5.10 Å². The number of nitrogens with two attached hydrogens (primary N) is 2. The molecule has 7 nitrogen and oxygen atoms in total. The number of fused-ring (bicyclic) bond motifs is 1. The van der Waals surface area contributed by atoms with Crippen LogP contribution in [0.1, 0.15) is 22.5 Å². The van der Waals surface area contributed by atoms with Gasteiger partial charge in [-0.15, -0.1) is 16.4 Å². The van der Waals surface area contributed by atoms with Gasteiger partial charge < -0.3 is 16.4 Å². The van der Waals surface area contributed by atoms with E-state index in [1.54, 1.807) is 17.2 Å². The van der Waals surface area contributed by atoms with E-state index in [-0.39, 0.29) is 17.7 Å². The van der Waals surface area contributed by atoms with Crippen LogP contribution in [0.2, 0.25) is 0 Å². The van der Waals surface area contributed by atoms with Crippen LogP contribution < -0.4 is 11.5 Å². The first kappa shape index (κ1) is 13.7. The Kier molecular flexibility index (Phi) is 3.46. The van der Waals surface area contributed by atoms with Crippen LogP contribution in [0, 0.1) is 5.92 Å². The fourth-order valence-corrected chi connectivity index (χ4v) is 3.58. The highest BCUT2D eigenvalue weighted by Crippen LogP contribution is 2.33. The van der Waals surface area contributed by atoms with E-state index in [1.165, 1.54) is 11.3 Å². The molecule has 2 aromatic heterocycles. The third-order valence-electron chi connectivity index (χ3n) is 3.73. The number of carbonyl (C=O) groups excluding carboxylic acids is 2. The van der Waals surface area contributed by atoms with Gasteiger partial charge in [-0.25, -0.2) is 0 Å². The van der Waals surface area contributed by atoms with Crippen molar-refractivity contribution in [2.75, 3.05) is 18.8 Å². The number of hydrogen-bond acceptors (Lipinski definition) is 6. The number of aromatic nitrogens is 2. The number of anilines is 1. The minimum atomic E-state index is -0.359. The number of carbonyl (C=O) groups is 2. The summed E-state index contributed by atoms with van der Waals surface area (Å²) in [7, 11) is 0. The van der Waals surface area contributed by atoms with E-state index in [4.69, 9.17) is 11.5 Å². The van der Waals surface area contributed by atoms with Gasteiger partial charge in [-0.1, -0.05) is 0 Å². The largest absolute Gasteiger partial charge is 0.397 e. The van der Waals surface area contributed by atoms with Gasteiger partial charge in [0, 0.05) is 18.5 Å². The second-order valence-electron chi connectivity index (χ2n) is 5.09. The number of nitrogen functional groups attached to an aromatic ring is 1. The molecule has 3 rings (SSSR count). The fraction of sp³-hybridized carbons (Fsp3) is 0.385. The monoisotopic (exact) mass is 305 g/mol. The molecule has 0 radical (unpaired) electrons. The fourth-order valence-electron chi connectivity index (χ4n) is 2.57. The lowest BCUT2D eigenvalue weighted by Gasteiger charge is -2.31. The number of likely N-dealkylation sites (tertiary alicyclic amines) is 1. The molecule has 1 fully saturated rings. The van der Waals surface area contributed by atoms with Crippen LogP contribution in [0.5, 0.6) is 0 Å². The molecule has 8 heteroatoms. The molecule has 0 spiro atoms. The zero-order chi connectivity index (χ0) is 15.0. The van der Waals surface area contributed by atoms with Gasteiger partial charge in [0.1, 0.15) is 9.71 Å². The van der Waals surface area contributed by atoms with E-state index >= 15 is 0 Å². The molecule has 0 saturated carbocycles. The first-order chi connectivity index (χ1) is 10.1. The maximum absolute atomic E-state index is 12.6. The minimum absolute atomic E-state index is 0.165. The predicted molar refractivity (Wildman–Crippen MR) is 79.6 cm³/mol. The van der Waals surface area contributed by atoms with Crippen LogP contribution in [0.4, 0.5) is 5.69 Å². The number of amides is 2. The van der Waals surface area contributed by atoms with E-state index in [0.717, 1.165) is 18.2 Å². The van der Waals surface area contributed by atoms with Gasteiger partial charge in [0.25, 0.3) is 5.91 Å². The summed E-state index contributed by atoms with van der Waals surface area (Å²) < 4.78 is 0. The zero-order valence-electron chi connectivity index (χ0n) is 11.3. The van der Waals surface area contributed by atoms with E-state index in [9.17, 15) is 9.59 Å². The number of piperidine rings is 1. The third-order valence-corrected chi connectivity index (χ3v) is 4.82. The maximum Gasteiger partial charge on any atom is 0.266 e. The van der Waals surface area contributed by atoms with Crippen molar-refractivity contribution in [1.29, 1.82) is 0 Å². The lowest BCUT2D eigenvalue weighted by molar-refractivity contribution is -0.123. The number of nitrogens with zero attached hydrogens (tertiary/aromatic N) is 3. The van der Waals surface area contributed by atoms with Crippen molar-refractivity contribution in [3.8, 4) is 0 Å². The Hall–Kier alpha value is -2.22. The van der Waals surface area contributed by atoms with E-state index in [1.807, 2.05) is 0 Å². The average Bonchev–Trinajstić information content (AvgIpc) is 2.84. The lowest BCUT2D eigenvalue weighted by atomic mass is 9.97. The summed E-state index contributed by atoms with van der Waals surface area (Å²) in [4.78, 5) is 26.7. The molecule has 2 aromatic rings. The number of hydrogen-bond donors (Lipinski definition) is 2. The Labute approximate surface area is 124 Å². The van der Waals surface area contributed by atoms with Crippen LogP contribution >= 0.6 is 11.3 Å². The zero-order valence-corrected chi connectivity index (χ0v) is 12.1. The van der Waals surface area contributed by atoms with Crippen molar-refractivity contribution in [3.05, 3.63) is 17.1 Å². The lowest BCUT2D eigenvalue weighted by Crippen LogP contribution is -2.44. The molecule has 1 unspecified atom stereocenters. The Morgan fingerprint density at radius 1 is 1.43 bits per heavy atom. The van der Waals surface area contributed by atoms with Crippen LogP contribution in [0.3, 0.4) is 0 Å². The topological polar surface area (TPSA) is 115 Å². The molecule has 3 heterocycles. The summed E-state index contributed by atoms with van der Waals surface area (Å²) in [6.07, 6.45) is 3.04. The van der Waals surface area contributed by atoms with Crippen molar-refractivity contribution < 1.29 is 9.59 Å². The van der Waals surface area contributed by atoms with Gasteiger partial charge in [0.15, 0.2) is 0 Å². The van der Waals surface area contributed by atoms with Crippen LogP contribution in [0.15, 0.2) is 12.3 Å². The van der Waals surface area contributed by atoms with E-state index < -0.39 is 0 Å². The highest BCUT2D eigenvalue weighted by molar-refractivity contribution is 7.21. The summed E-state index contributed by atoms with van der Waals surface area (Å²) in [6.45, 7) is 0.968. The standard InChI is InChI=1S/C13H15N5O2S/c14-9-8-3-4-16-17-12(8)21-10(9)13(20)18-5-1-2-7(6-18)11(15)19/h3-4,7H,1-2,5-6,14H2,(H2,15,19). The summed E-state index contributed by atoms with van der Waals surface area (Å²) >= 11 is 1.23. The second kappa shape index (κ2) is 5.28.